The summed E-state index contributed by atoms with van der Waals surface area (Å²) in [6.07, 6.45) is 8.29. The van der Waals surface area contributed by atoms with Gasteiger partial charge in [-0.25, -0.2) is 0 Å². The Labute approximate surface area is 188 Å². The predicted molar refractivity (Wildman–Crippen MR) is 127 cm³/mol. The normalized spacial score (nSPS) is 24.1. The standard InChI is InChI=1S/C21H29BrN4.HI/c1-2-23-20(26-14-9-17(15-26)25-12-5-6-13-25)24-16-21(10-11-21)18-7-3-4-8-19(18)22;/h3-8,17H,2,9-16H2,1H3,(H,23,24);1H. The molecule has 1 N–H and O–H groups in total. The topological polar surface area (TPSA) is 30.9 Å². The zero-order valence-corrected chi connectivity index (χ0v) is 19.9. The Bertz CT molecular complexity index is 693. The van der Waals surface area contributed by atoms with Gasteiger partial charge in [-0.3, -0.25) is 9.89 Å². The number of likely N-dealkylation sites (tertiary alicyclic amines) is 1. The first-order valence-corrected chi connectivity index (χ1v) is 10.7. The summed E-state index contributed by atoms with van der Waals surface area (Å²) < 4.78 is 1.22. The highest BCUT2D eigenvalue weighted by molar-refractivity contribution is 14.0. The highest BCUT2D eigenvalue weighted by atomic mass is 127. The molecule has 2 heterocycles. The Morgan fingerprint density at radius 2 is 2.00 bits per heavy atom. The Balaban J connectivity index is 0.00000210. The van der Waals surface area contributed by atoms with Crippen LogP contribution in [0.3, 0.4) is 0 Å². The molecule has 4 rings (SSSR count). The lowest BCUT2D eigenvalue weighted by Crippen LogP contribution is -2.43. The fourth-order valence-corrected chi connectivity index (χ4v) is 4.94. The molecule has 1 aliphatic carbocycles. The van der Waals surface area contributed by atoms with Gasteiger partial charge in [0.25, 0.3) is 0 Å². The highest BCUT2D eigenvalue weighted by Gasteiger charge is 2.45. The lowest BCUT2D eigenvalue weighted by molar-refractivity contribution is 0.259. The number of halogens is 2. The van der Waals surface area contributed by atoms with Crippen molar-refractivity contribution in [3.05, 3.63) is 46.5 Å². The molecule has 1 aromatic carbocycles. The number of nitrogens with zero attached hydrogens (tertiary/aromatic N) is 3. The van der Waals surface area contributed by atoms with Crippen LogP contribution in [0.25, 0.3) is 0 Å². The smallest absolute Gasteiger partial charge is 0.193 e. The molecule has 0 amide bonds. The molecule has 0 aromatic heterocycles. The molecule has 2 aliphatic heterocycles. The van der Waals surface area contributed by atoms with Gasteiger partial charge in [-0.2, -0.15) is 0 Å². The summed E-state index contributed by atoms with van der Waals surface area (Å²) in [5.74, 6) is 1.10. The van der Waals surface area contributed by atoms with Crippen molar-refractivity contribution in [1.29, 1.82) is 0 Å². The number of rotatable bonds is 5. The molecular formula is C21H30BrIN4. The van der Waals surface area contributed by atoms with E-state index in [0.29, 0.717) is 6.04 Å². The van der Waals surface area contributed by atoms with Crippen LogP contribution in [0.15, 0.2) is 45.9 Å². The van der Waals surface area contributed by atoms with E-state index in [0.717, 1.165) is 45.2 Å². The second-order valence-electron chi connectivity index (χ2n) is 7.74. The van der Waals surface area contributed by atoms with E-state index in [1.165, 1.54) is 29.3 Å². The maximum Gasteiger partial charge on any atom is 0.193 e. The van der Waals surface area contributed by atoms with E-state index in [1.807, 2.05) is 0 Å². The molecule has 1 unspecified atom stereocenters. The van der Waals surface area contributed by atoms with Crippen molar-refractivity contribution in [3.8, 4) is 0 Å². The predicted octanol–water partition coefficient (Wildman–Crippen LogP) is 4.01. The van der Waals surface area contributed by atoms with Crippen LogP contribution >= 0.6 is 39.9 Å². The molecule has 1 aromatic rings. The van der Waals surface area contributed by atoms with Crippen molar-refractivity contribution in [2.24, 2.45) is 4.99 Å². The average Bonchev–Trinajstić information content (AvgIpc) is 3.05. The van der Waals surface area contributed by atoms with E-state index in [1.54, 1.807) is 0 Å². The van der Waals surface area contributed by atoms with Crippen LogP contribution in [0.4, 0.5) is 0 Å². The fourth-order valence-electron chi connectivity index (χ4n) is 4.23. The van der Waals surface area contributed by atoms with Crippen LogP contribution in [0.2, 0.25) is 0 Å². The Morgan fingerprint density at radius 3 is 2.67 bits per heavy atom. The van der Waals surface area contributed by atoms with E-state index < -0.39 is 0 Å². The van der Waals surface area contributed by atoms with Crippen LogP contribution in [0.5, 0.6) is 0 Å². The van der Waals surface area contributed by atoms with E-state index >= 15 is 0 Å². The second kappa shape index (κ2) is 9.27. The number of aliphatic imine (C=N–C) groups is 1. The maximum absolute atomic E-state index is 5.08. The lowest BCUT2D eigenvalue weighted by Gasteiger charge is -2.26. The molecule has 1 saturated heterocycles. The Morgan fingerprint density at radius 1 is 1.26 bits per heavy atom. The summed E-state index contributed by atoms with van der Waals surface area (Å²) in [6.45, 7) is 8.38. The summed E-state index contributed by atoms with van der Waals surface area (Å²) in [5.41, 5.74) is 1.65. The first kappa shape index (κ1) is 21.1. The van der Waals surface area contributed by atoms with Crippen molar-refractivity contribution in [2.75, 3.05) is 39.3 Å². The third-order valence-electron chi connectivity index (χ3n) is 5.99. The summed E-state index contributed by atoms with van der Waals surface area (Å²) in [7, 11) is 0. The van der Waals surface area contributed by atoms with Gasteiger partial charge in [0, 0.05) is 48.7 Å². The third kappa shape index (κ3) is 4.70. The molecule has 0 spiro atoms. The minimum atomic E-state index is 0. The van der Waals surface area contributed by atoms with Gasteiger partial charge in [0.2, 0.25) is 0 Å². The minimum absolute atomic E-state index is 0. The van der Waals surface area contributed by atoms with Gasteiger partial charge in [0.15, 0.2) is 5.96 Å². The third-order valence-corrected chi connectivity index (χ3v) is 6.68. The fraction of sp³-hybridized carbons (Fsp3) is 0.571. The van der Waals surface area contributed by atoms with Gasteiger partial charge >= 0.3 is 0 Å². The Kier molecular flexibility index (Phi) is 7.25. The zero-order chi connectivity index (χ0) is 18.0. The number of benzene rings is 1. The van der Waals surface area contributed by atoms with Gasteiger partial charge in [0.05, 0.1) is 6.54 Å². The van der Waals surface area contributed by atoms with Gasteiger partial charge < -0.3 is 10.2 Å². The average molecular weight is 545 g/mol. The van der Waals surface area contributed by atoms with Crippen LogP contribution in [-0.2, 0) is 5.41 Å². The quantitative estimate of drug-likeness (QED) is 0.263. The Hall–Kier alpha value is -0.600. The van der Waals surface area contributed by atoms with Crippen molar-refractivity contribution in [1.82, 2.24) is 15.1 Å². The molecule has 27 heavy (non-hydrogen) atoms. The molecule has 6 heteroatoms. The molecule has 3 aliphatic rings. The van der Waals surface area contributed by atoms with Crippen molar-refractivity contribution >= 4 is 45.9 Å². The number of guanidine groups is 1. The van der Waals surface area contributed by atoms with Crippen molar-refractivity contribution in [2.45, 2.75) is 37.6 Å². The minimum Gasteiger partial charge on any atom is -0.357 e. The first-order chi connectivity index (χ1) is 12.7. The summed E-state index contributed by atoms with van der Waals surface area (Å²) in [4.78, 5) is 10.1. The molecule has 1 saturated carbocycles. The van der Waals surface area contributed by atoms with Crippen LogP contribution in [0, 0.1) is 0 Å². The van der Waals surface area contributed by atoms with E-state index in [2.05, 4.69) is 74.4 Å². The summed E-state index contributed by atoms with van der Waals surface area (Å²) in [6, 6.07) is 9.30. The van der Waals surface area contributed by atoms with E-state index in [4.69, 9.17) is 4.99 Å². The summed E-state index contributed by atoms with van der Waals surface area (Å²) >= 11 is 3.74. The highest BCUT2D eigenvalue weighted by Crippen LogP contribution is 2.50. The number of nitrogens with one attached hydrogen (secondary N) is 1. The largest absolute Gasteiger partial charge is 0.357 e. The molecule has 0 bridgehead atoms. The second-order valence-corrected chi connectivity index (χ2v) is 8.60. The van der Waals surface area contributed by atoms with Gasteiger partial charge in [-0.15, -0.1) is 24.0 Å². The van der Waals surface area contributed by atoms with Gasteiger partial charge in [-0.1, -0.05) is 46.3 Å². The monoisotopic (exact) mass is 544 g/mol. The summed E-state index contributed by atoms with van der Waals surface area (Å²) in [5, 5.41) is 3.53. The molecular weight excluding hydrogens is 515 g/mol. The molecule has 2 fully saturated rings. The maximum atomic E-state index is 5.08. The van der Waals surface area contributed by atoms with Gasteiger partial charge in [0.1, 0.15) is 0 Å². The molecule has 0 radical (unpaired) electrons. The SMILES string of the molecule is CCNC(=NCC1(c2ccccc2Br)CC1)N1CCC(N2CC=CC2)C1.I. The first-order valence-electron chi connectivity index (χ1n) is 9.89. The molecule has 148 valence electrons. The van der Waals surface area contributed by atoms with E-state index in [-0.39, 0.29) is 29.4 Å². The van der Waals surface area contributed by atoms with Crippen LogP contribution in [0.1, 0.15) is 31.7 Å². The van der Waals surface area contributed by atoms with Crippen molar-refractivity contribution < 1.29 is 0 Å². The van der Waals surface area contributed by atoms with E-state index in [9.17, 15) is 0 Å². The number of hydrogen-bond donors (Lipinski definition) is 1. The number of hydrogen-bond acceptors (Lipinski definition) is 2. The van der Waals surface area contributed by atoms with Crippen LogP contribution < -0.4 is 5.32 Å². The van der Waals surface area contributed by atoms with Crippen LogP contribution in [-0.4, -0.2) is 61.1 Å². The van der Waals surface area contributed by atoms with Gasteiger partial charge in [-0.05, 0) is 37.8 Å². The zero-order valence-electron chi connectivity index (χ0n) is 16.0. The van der Waals surface area contributed by atoms with Crippen molar-refractivity contribution in [3.63, 3.8) is 0 Å². The lowest BCUT2D eigenvalue weighted by atomic mass is 9.96. The molecule has 4 nitrogen and oxygen atoms in total. The molecule has 1 atom stereocenters.